The molecule has 732 valence electrons. The molecular weight excluding hydrogens is 1490 g/mol. The van der Waals surface area contributed by atoms with E-state index < -0.39 is 0 Å². The number of carbonyl (C=O) groups is 6. The molecule has 10 saturated carbocycles. The third-order valence-electron chi connectivity index (χ3n) is 32.3. The zero-order valence-electron chi connectivity index (χ0n) is 73.4. The van der Waals surface area contributed by atoms with Gasteiger partial charge in [0.1, 0.15) is 33.6 Å². The molecule has 10 rings (SSSR count). The van der Waals surface area contributed by atoms with Crippen LogP contribution in [0.4, 0.5) is 0 Å². The fourth-order valence-electron chi connectivity index (χ4n) is 19.5. The van der Waals surface area contributed by atoms with Crippen molar-refractivity contribution in [1.82, 2.24) is 0 Å². The van der Waals surface area contributed by atoms with Crippen molar-refractivity contribution in [2.45, 2.75) is 578 Å². The van der Waals surface area contributed by atoms with Crippen LogP contribution in [0.2, 0.25) is 0 Å². The van der Waals surface area contributed by atoms with E-state index in [1.807, 2.05) is 104 Å². The van der Waals surface area contributed by atoms with Gasteiger partial charge in [-0.2, -0.15) is 0 Å². The summed E-state index contributed by atoms with van der Waals surface area (Å²) >= 11 is 0. The molecule has 12 heteroatoms. The molecule has 0 aromatic rings. The SMILES string of the molecule is C.C.C.C.C.C.C.C.C.C.C.C.C.C.C.C.CCC(C)(C)C(=O)OC1(C)C2(C)CCC(C2)C1(C)C.CCC(C)(C)C(=O)OC1(C)CC2CCC1(C)C2(C)C.CCC(C)(C)C(=O)OC1(C)CC2CCC1C2.CCC(C)(C)C(=O)OC1(C)CCCCCC1.CCC(C)(C)C(=O)OC1(CC)CC2CCC1C2.CCC1(OC(=O)C(C)(C)CC)CCCCCC1. The van der Waals surface area contributed by atoms with Crippen LogP contribution in [-0.4, -0.2) is 69.4 Å². The van der Waals surface area contributed by atoms with Crippen molar-refractivity contribution in [3.8, 4) is 0 Å². The van der Waals surface area contributed by atoms with Crippen LogP contribution in [0, 0.1) is 89.7 Å². The summed E-state index contributed by atoms with van der Waals surface area (Å²) in [6, 6.07) is 0. The maximum absolute atomic E-state index is 12.5. The molecule has 12 atom stereocenters. The van der Waals surface area contributed by atoms with Gasteiger partial charge in [-0.3, -0.25) is 28.8 Å². The summed E-state index contributed by atoms with van der Waals surface area (Å²) in [5, 5.41) is 0. The first kappa shape index (κ1) is 143. The van der Waals surface area contributed by atoms with Gasteiger partial charge in [-0.15, -0.1) is 0 Å². The van der Waals surface area contributed by atoms with Gasteiger partial charge in [0.05, 0.1) is 32.5 Å². The van der Waals surface area contributed by atoms with Gasteiger partial charge in [-0.1, -0.05) is 241 Å². The number of rotatable bonds is 20. The van der Waals surface area contributed by atoms with Crippen molar-refractivity contribution in [3.63, 3.8) is 0 Å². The number of hydrogen-bond acceptors (Lipinski definition) is 12. The molecule has 120 heavy (non-hydrogen) atoms. The number of carbonyl (C=O) groups excluding carboxylic acids is 6. The van der Waals surface area contributed by atoms with Crippen LogP contribution in [0.5, 0.6) is 0 Å². The van der Waals surface area contributed by atoms with E-state index in [-0.39, 0.29) is 242 Å². The van der Waals surface area contributed by atoms with Crippen LogP contribution >= 0.6 is 0 Å². The lowest BCUT2D eigenvalue weighted by molar-refractivity contribution is -0.202. The Morgan fingerprint density at radius 3 is 0.917 bits per heavy atom. The topological polar surface area (TPSA) is 158 Å². The average Bonchev–Trinajstić information content (AvgIpc) is 1.54. The molecule has 0 radical (unpaired) electrons. The average molecular weight is 1720 g/mol. The third kappa shape index (κ3) is 31.1. The van der Waals surface area contributed by atoms with E-state index in [0.29, 0.717) is 23.7 Å². The van der Waals surface area contributed by atoms with Gasteiger partial charge in [-0.25, -0.2) is 0 Å². The quantitative estimate of drug-likeness (QED) is 0.0646. The normalized spacial score (nSPS) is 28.8. The van der Waals surface area contributed by atoms with Crippen LogP contribution in [0.15, 0.2) is 0 Å². The van der Waals surface area contributed by atoms with E-state index in [1.54, 1.807) is 0 Å². The lowest BCUT2D eigenvalue weighted by atomic mass is 9.61. The molecule has 0 spiro atoms. The summed E-state index contributed by atoms with van der Waals surface area (Å²) in [5.41, 5.74) is -2.72. The second-order valence-corrected chi connectivity index (χ2v) is 41.9. The predicted octanol–water partition coefficient (Wildman–Crippen LogP) is 35.3. The Bertz CT molecular complexity index is 2850. The molecule has 12 unspecified atom stereocenters. The van der Waals surface area contributed by atoms with Gasteiger partial charge < -0.3 is 28.4 Å². The lowest BCUT2D eigenvalue weighted by Crippen LogP contribution is -2.55. The number of hydrogen-bond donors (Lipinski definition) is 0. The molecule has 0 aromatic carbocycles. The molecule has 10 aliphatic rings. The highest BCUT2D eigenvalue weighted by Crippen LogP contribution is 2.72. The first-order valence-electron chi connectivity index (χ1n) is 43.1. The highest BCUT2D eigenvalue weighted by Gasteiger charge is 2.71. The van der Waals surface area contributed by atoms with E-state index in [4.69, 9.17) is 28.4 Å². The van der Waals surface area contributed by atoms with Gasteiger partial charge in [0, 0.05) is 16.2 Å². The van der Waals surface area contributed by atoms with E-state index in [1.165, 1.54) is 122 Å². The Hall–Kier alpha value is -3.18. The fourth-order valence-corrected chi connectivity index (χ4v) is 19.5. The van der Waals surface area contributed by atoms with Crippen LogP contribution < -0.4 is 0 Å². The second-order valence-electron chi connectivity index (χ2n) is 41.9. The summed E-state index contributed by atoms with van der Waals surface area (Å²) in [7, 11) is 0. The first-order chi connectivity index (χ1) is 47.7. The third-order valence-corrected chi connectivity index (χ3v) is 32.3. The summed E-state index contributed by atoms with van der Waals surface area (Å²) in [4.78, 5) is 73.7. The van der Waals surface area contributed by atoms with Crippen molar-refractivity contribution in [1.29, 1.82) is 0 Å². The van der Waals surface area contributed by atoms with Gasteiger partial charge in [0.25, 0.3) is 0 Å². The molecule has 0 aliphatic heterocycles. The van der Waals surface area contributed by atoms with Crippen LogP contribution in [0.3, 0.4) is 0 Å². The first-order valence-corrected chi connectivity index (χ1v) is 43.1. The Labute approximate surface area is 757 Å². The fraction of sp³-hybridized carbons (Fsp3) is 0.944. The van der Waals surface area contributed by atoms with E-state index in [0.717, 1.165) is 108 Å². The standard InChI is InChI=1S/2C17H30O2.C15H26O2.C15H28O2.C14H24O2.C14H26O2.16CH4/c1-8-14(2,3)13(18)19-17(7)11-12-9-10-16(17,6)15(12,4)5;1-8-14(2,3)13(18)19-17(7)15(4,5)12-9-10-16(17,6)11-12;1-5-14(3,4)13(16)17-15(6-2)10-11-7-8-12(15)9-11;1-5-14(3,4)13(16)17-15(6-2)11-9-7-8-10-12-15;1-5-13(2,3)12(15)16-14(4)9-10-6-7-11(14)8-10;1-5-13(2,3)12(15)16-14(4)10-8-6-7-9-11-14;;;;;;;;;;;;;;;;/h2*12H,8-11H2,1-7H3;11-12H,5-10H2,1-4H3;5-12H2,1-4H3;10-11H,5-9H2,1-4H3;5-11H2,1-4H3;16*1H4. The molecule has 12 nitrogen and oxygen atoms in total. The highest BCUT2D eigenvalue weighted by molar-refractivity contribution is 5.79. The van der Waals surface area contributed by atoms with Crippen molar-refractivity contribution in [3.05, 3.63) is 0 Å². The minimum atomic E-state index is -0.378. The summed E-state index contributed by atoms with van der Waals surface area (Å²) < 4.78 is 35.8. The monoisotopic (exact) mass is 1720 g/mol. The molecule has 10 aliphatic carbocycles. The highest BCUT2D eigenvalue weighted by atomic mass is 16.6. The Morgan fingerprint density at radius 1 is 0.292 bits per heavy atom. The number of ether oxygens (including phenoxy) is 6. The second kappa shape index (κ2) is 53.6. The maximum Gasteiger partial charge on any atom is 0.312 e. The van der Waals surface area contributed by atoms with Crippen molar-refractivity contribution in [2.24, 2.45) is 89.7 Å². The molecule has 0 saturated heterocycles. The van der Waals surface area contributed by atoms with Crippen LogP contribution in [0.1, 0.15) is 545 Å². The van der Waals surface area contributed by atoms with Crippen molar-refractivity contribution in [2.75, 3.05) is 0 Å². The Balaban J connectivity index is -0.000000114. The van der Waals surface area contributed by atoms with E-state index >= 15 is 0 Å². The largest absolute Gasteiger partial charge is 0.459 e. The maximum atomic E-state index is 12.5. The summed E-state index contributed by atoms with van der Waals surface area (Å²) in [6.45, 7) is 62.9. The number of esters is 6. The van der Waals surface area contributed by atoms with E-state index in [2.05, 4.69) is 104 Å². The zero-order valence-corrected chi connectivity index (χ0v) is 73.4. The van der Waals surface area contributed by atoms with Crippen molar-refractivity contribution < 1.29 is 57.2 Å². The van der Waals surface area contributed by atoms with Gasteiger partial charge in [0.2, 0.25) is 0 Å². The minimum absolute atomic E-state index is 0. The summed E-state index contributed by atoms with van der Waals surface area (Å²) in [5.74, 6) is 4.18. The van der Waals surface area contributed by atoms with Gasteiger partial charge in [-0.05, 0) is 344 Å². The molecular formula is C108H228O12. The molecule has 0 amide bonds. The Kier molecular flexibility index (Phi) is 63.7. The molecule has 0 aromatic heterocycles. The van der Waals surface area contributed by atoms with Crippen LogP contribution in [0.25, 0.3) is 0 Å². The number of fused-ring (bicyclic) bond motifs is 8. The van der Waals surface area contributed by atoms with Crippen molar-refractivity contribution >= 4 is 35.8 Å². The molecule has 8 bridgehead atoms. The predicted molar refractivity (Wildman–Crippen MR) is 533 cm³/mol. The van der Waals surface area contributed by atoms with Gasteiger partial charge >= 0.3 is 35.8 Å². The smallest absolute Gasteiger partial charge is 0.312 e. The van der Waals surface area contributed by atoms with Gasteiger partial charge in [0.15, 0.2) is 0 Å². The summed E-state index contributed by atoms with van der Waals surface area (Å²) in [6.07, 6.45) is 38.2. The lowest BCUT2D eigenvalue weighted by Gasteiger charge is -2.51. The molecule has 10 fully saturated rings. The van der Waals surface area contributed by atoms with Crippen LogP contribution in [-0.2, 0) is 57.2 Å². The zero-order chi connectivity index (χ0) is 79.2. The van der Waals surface area contributed by atoms with E-state index in [9.17, 15) is 28.8 Å². The Morgan fingerprint density at radius 2 is 0.617 bits per heavy atom. The minimum Gasteiger partial charge on any atom is -0.459 e. The molecule has 0 heterocycles. The molecule has 0 N–H and O–H groups in total.